The fourth-order valence-electron chi connectivity index (χ4n) is 5.68. The standard InChI is InChI=1S/C36H24F6O6S2/c1-21-9-11-23-13-15-27(25-5-3-7-29(17-25)47-49(43,44)35(37,38)39)19-31(23)33(21)34-22(2)10-12-24-14-16-28(20-32(24)34)26-6-4-8-30(18-26)48-50(45,46)36(40,41)42/h3-20H,1-2H3. The monoisotopic (exact) mass is 730 g/mol. The molecule has 50 heavy (non-hydrogen) atoms. The van der Waals surface area contributed by atoms with Crippen LogP contribution < -0.4 is 8.37 Å². The smallest absolute Gasteiger partial charge is 0.376 e. The van der Waals surface area contributed by atoms with E-state index >= 15 is 0 Å². The van der Waals surface area contributed by atoms with Crippen molar-refractivity contribution in [3.8, 4) is 44.9 Å². The molecular formula is C36H24F6O6S2. The van der Waals surface area contributed by atoms with Crippen molar-refractivity contribution < 1.29 is 51.5 Å². The zero-order chi connectivity index (χ0) is 36.2. The third kappa shape index (κ3) is 6.60. The number of halogens is 6. The molecule has 0 aromatic heterocycles. The molecule has 258 valence electrons. The Bertz CT molecular complexity index is 2350. The summed E-state index contributed by atoms with van der Waals surface area (Å²) in [6.07, 6.45) is 0. The topological polar surface area (TPSA) is 86.7 Å². The van der Waals surface area contributed by atoms with Gasteiger partial charge in [0.1, 0.15) is 11.5 Å². The molecule has 6 nitrogen and oxygen atoms in total. The van der Waals surface area contributed by atoms with E-state index in [1.807, 2.05) is 62.4 Å². The van der Waals surface area contributed by atoms with E-state index in [4.69, 9.17) is 0 Å². The molecule has 0 aliphatic rings. The number of alkyl halides is 6. The molecule has 0 bridgehead atoms. The molecule has 0 aliphatic carbocycles. The van der Waals surface area contributed by atoms with Crippen molar-refractivity contribution in [1.29, 1.82) is 0 Å². The Labute approximate surface area is 282 Å². The number of benzene rings is 6. The van der Waals surface area contributed by atoms with Gasteiger partial charge >= 0.3 is 31.3 Å². The first kappa shape index (κ1) is 34.8. The molecule has 0 unspecified atom stereocenters. The quantitative estimate of drug-likeness (QED) is 0.0924. The highest BCUT2D eigenvalue weighted by Crippen LogP contribution is 2.42. The predicted molar refractivity (Wildman–Crippen MR) is 178 cm³/mol. The molecule has 0 heterocycles. The van der Waals surface area contributed by atoms with Crippen LogP contribution in [0, 0.1) is 13.8 Å². The van der Waals surface area contributed by atoms with E-state index in [-0.39, 0.29) is 0 Å². The number of hydrogen-bond acceptors (Lipinski definition) is 6. The largest absolute Gasteiger partial charge is 0.534 e. The predicted octanol–water partition coefficient (Wildman–Crippen LogP) is 10.1. The van der Waals surface area contributed by atoms with E-state index in [2.05, 4.69) is 8.37 Å². The average molecular weight is 731 g/mol. The van der Waals surface area contributed by atoms with Gasteiger partial charge in [0.05, 0.1) is 0 Å². The van der Waals surface area contributed by atoms with E-state index in [0.717, 1.165) is 55.9 Å². The van der Waals surface area contributed by atoms with Crippen LogP contribution >= 0.6 is 0 Å². The highest BCUT2D eigenvalue weighted by Gasteiger charge is 2.49. The first-order valence-electron chi connectivity index (χ1n) is 14.6. The molecule has 0 radical (unpaired) electrons. The van der Waals surface area contributed by atoms with Gasteiger partial charge in [-0.05, 0) is 116 Å². The number of hydrogen-bond donors (Lipinski definition) is 0. The molecule has 0 saturated carbocycles. The van der Waals surface area contributed by atoms with Gasteiger partial charge in [0.25, 0.3) is 0 Å². The van der Waals surface area contributed by atoms with Crippen LogP contribution in [0.2, 0.25) is 0 Å². The van der Waals surface area contributed by atoms with Gasteiger partial charge in [-0.2, -0.15) is 43.2 Å². The van der Waals surface area contributed by atoms with Crippen molar-refractivity contribution in [2.24, 2.45) is 0 Å². The van der Waals surface area contributed by atoms with Gasteiger partial charge in [-0.15, -0.1) is 0 Å². The van der Waals surface area contributed by atoms with Crippen LogP contribution in [0.15, 0.2) is 109 Å². The zero-order valence-corrected chi connectivity index (χ0v) is 27.6. The Balaban J connectivity index is 1.48. The Morgan fingerprint density at radius 3 is 1.16 bits per heavy atom. The summed E-state index contributed by atoms with van der Waals surface area (Å²) in [6.45, 7) is 3.84. The van der Waals surface area contributed by atoms with Gasteiger partial charge in [-0.25, -0.2) is 0 Å². The van der Waals surface area contributed by atoms with Crippen molar-refractivity contribution in [2.45, 2.75) is 24.9 Å². The lowest BCUT2D eigenvalue weighted by Gasteiger charge is -2.18. The Morgan fingerprint density at radius 1 is 0.460 bits per heavy atom. The van der Waals surface area contributed by atoms with Crippen molar-refractivity contribution in [2.75, 3.05) is 0 Å². The minimum absolute atomic E-state index is 0.404. The maximum atomic E-state index is 13.0. The van der Waals surface area contributed by atoms with Gasteiger partial charge < -0.3 is 8.37 Å². The van der Waals surface area contributed by atoms with Crippen LogP contribution in [0.1, 0.15) is 11.1 Å². The minimum Gasteiger partial charge on any atom is -0.376 e. The summed E-state index contributed by atoms with van der Waals surface area (Å²) in [5, 5.41) is 3.24. The van der Waals surface area contributed by atoms with Crippen molar-refractivity contribution in [1.82, 2.24) is 0 Å². The minimum atomic E-state index is -5.88. The highest BCUT2D eigenvalue weighted by molar-refractivity contribution is 7.88. The van der Waals surface area contributed by atoms with Crippen LogP contribution in [0.5, 0.6) is 11.5 Å². The third-order valence-electron chi connectivity index (χ3n) is 8.02. The molecule has 0 amide bonds. The Hall–Kier alpha value is -5.08. The molecule has 0 N–H and O–H groups in total. The molecule has 0 spiro atoms. The molecule has 0 atom stereocenters. The van der Waals surface area contributed by atoms with Crippen molar-refractivity contribution in [3.63, 3.8) is 0 Å². The maximum Gasteiger partial charge on any atom is 0.534 e. The summed E-state index contributed by atoms with van der Waals surface area (Å²) < 4.78 is 133. The molecule has 0 aliphatic heterocycles. The van der Waals surface area contributed by atoms with Crippen LogP contribution in [0.25, 0.3) is 54.9 Å². The Kier molecular flexibility index (Phi) is 8.59. The summed E-state index contributed by atoms with van der Waals surface area (Å²) in [7, 11) is -11.8. The fraction of sp³-hybridized carbons (Fsp3) is 0.111. The second-order valence-corrected chi connectivity index (χ2v) is 14.5. The maximum absolute atomic E-state index is 13.0. The second-order valence-electron chi connectivity index (χ2n) is 11.4. The summed E-state index contributed by atoms with van der Waals surface area (Å²) >= 11 is 0. The van der Waals surface area contributed by atoms with Crippen molar-refractivity contribution in [3.05, 3.63) is 120 Å². The normalized spacial score (nSPS) is 12.7. The van der Waals surface area contributed by atoms with Gasteiger partial charge in [-0.1, -0.05) is 72.8 Å². The van der Waals surface area contributed by atoms with Crippen LogP contribution in [-0.2, 0) is 20.2 Å². The fourth-order valence-corrected chi connectivity index (χ4v) is 6.59. The molecular weight excluding hydrogens is 707 g/mol. The molecule has 6 aromatic carbocycles. The third-order valence-corrected chi connectivity index (χ3v) is 9.98. The number of aryl methyl sites for hydroxylation is 2. The number of fused-ring (bicyclic) bond motifs is 2. The van der Waals surface area contributed by atoms with Crippen LogP contribution in [-0.4, -0.2) is 27.9 Å². The summed E-state index contributed by atoms with van der Waals surface area (Å²) in [5.41, 5.74) is -5.80. The Morgan fingerprint density at radius 2 is 0.800 bits per heavy atom. The summed E-state index contributed by atoms with van der Waals surface area (Å²) in [4.78, 5) is 0. The van der Waals surface area contributed by atoms with Gasteiger partial charge in [0, 0.05) is 0 Å². The lowest BCUT2D eigenvalue weighted by molar-refractivity contribution is -0.0504. The van der Waals surface area contributed by atoms with Crippen LogP contribution in [0.4, 0.5) is 26.3 Å². The average Bonchev–Trinajstić information content (AvgIpc) is 3.03. The number of rotatable bonds is 7. The van der Waals surface area contributed by atoms with E-state index < -0.39 is 42.8 Å². The molecule has 0 fully saturated rings. The van der Waals surface area contributed by atoms with E-state index in [9.17, 15) is 43.2 Å². The van der Waals surface area contributed by atoms with Crippen LogP contribution in [0.3, 0.4) is 0 Å². The van der Waals surface area contributed by atoms with Gasteiger partial charge in [0.2, 0.25) is 0 Å². The zero-order valence-electron chi connectivity index (χ0n) is 25.9. The summed E-state index contributed by atoms with van der Waals surface area (Å²) in [6, 6.07) is 29.2. The van der Waals surface area contributed by atoms with Gasteiger partial charge in [0.15, 0.2) is 0 Å². The summed E-state index contributed by atoms with van der Waals surface area (Å²) in [5.74, 6) is -1.01. The molecule has 6 aromatic rings. The van der Waals surface area contributed by atoms with Crippen molar-refractivity contribution >= 4 is 41.8 Å². The lowest BCUT2D eigenvalue weighted by atomic mass is 9.86. The second kappa shape index (κ2) is 12.4. The highest BCUT2D eigenvalue weighted by atomic mass is 32.2. The first-order valence-corrected chi connectivity index (χ1v) is 17.5. The molecule has 0 saturated heterocycles. The lowest BCUT2D eigenvalue weighted by Crippen LogP contribution is -2.28. The van der Waals surface area contributed by atoms with Gasteiger partial charge in [-0.3, -0.25) is 0 Å². The molecule has 6 rings (SSSR count). The SMILES string of the molecule is Cc1ccc2ccc(-c3cccc(OS(=O)(=O)C(F)(F)F)c3)cc2c1-c1c(C)ccc2ccc(-c3cccc(OS(=O)(=O)C(F)(F)F)c3)cc12. The van der Waals surface area contributed by atoms with E-state index in [1.54, 1.807) is 24.3 Å². The molecule has 14 heteroatoms. The van der Waals surface area contributed by atoms with E-state index in [0.29, 0.717) is 22.3 Å². The first-order chi connectivity index (χ1) is 23.3. The van der Waals surface area contributed by atoms with E-state index in [1.165, 1.54) is 24.3 Å².